The van der Waals surface area contributed by atoms with Crippen molar-refractivity contribution >= 4 is 23.2 Å². The molecule has 0 radical (unpaired) electrons. The number of morpholine rings is 1. The Morgan fingerprint density at radius 2 is 1.56 bits per heavy atom. The summed E-state index contributed by atoms with van der Waals surface area (Å²) >= 11 is 0. The zero-order chi connectivity index (χ0) is 25.5. The molecule has 3 aromatic carbocycles. The van der Waals surface area contributed by atoms with Gasteiger partial charge in [-0.1, -0.05) is 54.6 Å². The summed E-state index contributed by atoms with van der Waals surface area (Å²) in [6.07, 6.45) is 0.234. The van der Waals surface area contributed by atoms with Crippen LogP contribution in [0.1, 0.15) is 30.5 Å². The van der Waals surface area contributed by atoms with Crippen LogP contribution in [0.5, 0.6) is 0 Å². The fraction of sp³-hybridized carbons (Fsp3) is 0.333. The van der Waals surface area contributed by atoms with E-state index in [1.807, 2.05) is 99.6 Å². The number of carbonyl (C=O) groups is 2. The van der Waals surface area contributed by atoms with Gasteiger partial charge in [0.05, 0.1) is 19.6 Å². The van der Waals surface area contributed by atoms with Crippen LogP contribution in [0.4, 0.5) is 11.4 Å². The first-order chi connectivity index (χ1) is 17.3. The lowest BCUT2D eigenvalue weighted by molar-refractivity contribution is -0.144. The molecule has 4 rings (SSSR count). The average Bonchev–Trinajstić information content (AvgIpc) is 2.89. The van der Waals surface area contributed by atoms with Gasteiger partial charge in [0.2, 0.25) is 11.8 Å². The third-order valence-electron chi connectivity index (χ3n) is 6.82. The maximum atomic E-state index is 13.6. The number of nitrogens with one attached hydrogen (secondary N) is 1. The molecule has 0 aromatic heterocycles. The first-order valence-electron chi connectivity index (χ1n) is 12.5. The van der Waals surface area contributed by atoms with Gasteiger partial charge in [0, 0.05) is 31.0 Å². The van der Waals surface area contributed by atoms with Crippen LogP contribution < -0.4 is 10.2 Å². The number of carbonyl (C=O) groups excluding carboxylic acids is 2. The van der Waals surface area contributed by atoms with Crippen molar-refractivity contribution in [2.45, 2.75) is 39.3 Å². The lowest BCUT2D eigenvalue weighted by atomic mass is 9.97. The quantitative estimate of drug-likeness (QED) is 0.497. The molecule has 36 heavy (non-hydrogen) atoms. The third-order valence-corrected chi connectivity index (χ3v) is 6.82. The number of anilines is 2. The molecule has 0 unspecified atom stereocenters. The molecule has 3 aromatic rings. The molecule has 1 heterocycles. The monoisotopic (exact) mass is 485 g/mol. The highest BCUT2D eigenvalue weighted by atomic mass is 16.5. The van der Waals surface area contributed by atoms with Gasteiger partial charge < -0.3 is 19.9 Å². The predicted molar refractivity (Wildman–Crippen MR) is 144 cm³/mol. The van der Waals surface area contributed by atoms with Gasteiger partial charge in [0.25, 0.3) is 0 Å². The van der Waals surface area contributed by atoms with Crippen LogP contribution in [0.2, 0.25) is 0 Å². The van der Waals surface area contributed by atoms with Crippen molar-refractivity contribution < 1.29 is 14.3 Å². The molecular formula is C30H35N3O3. The maximum absolute atomic E-state index is 13.6. The molecule has 6 heteroatoms. The molecule has 0 bridgehead atoms. The Hall–Kier alpha value is -3.64. The van der Waals surface area contributed by atoms with E-state index in [1.54, 1.807) is 4.90 Å². The van der Waals surface area contributed by atoms with Crippen molar-refractivity contribution in [2.75, 3.05) is 36.5 Å². The van der Waals surface area contributed by atoms with Crippen molar-refractivity contribution in [1.29, 1.82) is 0 Å². The molecule has 188 valence electrons. The fourth-order valence-electron chi connectivity index (χ4n) is 4.41. The first-order valence-corrected chi connectivity index (χ1v) is 12.5. The Morgan fingerprint density at radius 3 is 2.22 bits per heavy atom. The lowest BCUT2D eigenvalue weighted by Gasteiger charge is -2.38. The molecule has 0 aliphatic carbocycles. The maximum Gasteiger partial charge on any atom is 0.249 e. The average molecular weight is 486 g/mol. The second-order valence-electron chi connectivity index (χ2n) is 9.73. The van der Waals surface area contributed by atoms with Crippen LogP contribution in [-0.2, 0) is 27.3 Å². The summed E-state index contributed by atoms with van der Waals surface area (Å²) in [4.78, 5) is 31.1. The Kier molecular flexibility index (Phi) is 8.06. The topological polar surface area (TPSA) is 61.9 Å². The molecule has 1 fully saturated rings. The van der Waals surface area contributed by atoms with Crippen molar-refractivity contribution in [3.05, 3.63) is 95.6 Å². The summed E-state index contributed by atoms with van der Waals surface area (Å²) in [5, 5.41) is 3.04. The van der Waals surface area contributed by atoms with Crippen LogP contribution in [0.3, 0.4) is 0 Å². The summed E-state index contributed by atoms with van der Waals surface area (Å²) in [5.74, 6) is -0.316. The van der Waals surface area contributed by atoms with Gasteiger partial charge in [0.15, 0.2) is 0 Å². The highest BCUT2D eigenvalue weighted by Gasteiger charge is 2.38. The van der Waals surface area contributed by atoms with Gasteiger partial charge in [-0.2, -0.15) is 0 Å². The van der Waals surface area contributed by atoms with Gasteiger partial charge >= 0.3 is 0 Å². The number of aryl methyl sites for hydroxylation is 1. The number of rotatable bonds is 8. The summed E-state index contributed by atoms with van der Waals surface area (Å²) < 4.78 is 5.43. The third kappa shape index (κ3) is 6.13. The van der Waals surface area contributed by atoms with Gasteiger partial charge in [-0.3, -0.25) is 9.59 Å². The number of benzene rings is 3. The van der Waals surface area contributed by atoms with Crippen LogP contribution >= 0.6 is 0 Å². The van der Waals surface area contributed by atoms with Crippen LogP contribution in [0, 0.1) is 6.92 Å². The minimum absolute atomic E-state index is 0.0905. The minimum Gasteiger partial charge on any atom is -0.378 e. The number of ether oxygens (including phenoxy) is 1. The van der Waals surface area contributed by atoms with Gasteiger partial charge in [-0.05, 0) is 61.7 Å². The van der Waals surface area contributed by atoms with E-state index in [4.69, 9.17) is 4.74 Å². The van der Waals surface area contributed by atoms with Crippen molar-refractivity contribution in [3.8, 4) is 0 Å². The van der Waals surface area contributed by atoms with Gasteiger partial charge in [-0.25, -0.2) is 0 Å². The van der Waals surface area contributed by atoms with Crippen LogP contribution in [-0.4, -0.2) is 48.6 Å². The van der Waals surface area contributed by atoms with Gasteiger partial charge in [0.1, 0.15) is 5.54 Å². The molecule has 0 saturated carbocycles. The Labute approximate surface area is 213 Å². The fourth-order valence-corrected chi connectivity index (χ4v) is 4.41. The van der Waals surface area contributed by atoms with E-state index in [0.29, 0.717) is 12.2 Å². The molecule has 1 aliphatic heterocycles. The number of nitrogens with zero attached hydrogens (tertiary/aromatic N) is 2. The minimum atomic E-state index is -1.07. The number of hydrogen-bond donors (Lipinski definition) is 1. The SMILES string of the molecule is Cc1ccccc1CN(C(=O)Cc1ccccc1)C(C)(C)C(=O)Nc1ccc(N2CCOCC2)cc1. The molecule has 1 aliphatic rings. The zero-order valence-corrected chi connectivity index (χ0v) is 21.4. The highest BCUT2D eigenvalue weighted by Crippen LogP contribution is 2.25. The van der Waals surface area contributed by atoms with E-state index in [2.05, 4.69) is 10.2 Å². The predicted octanol–water partition coefficient (Wildman–Crippen LogP) is 4.82. The van der Waals surface area contributed by atoms with E-state index in [0.717, 1.165) is 48.7 Å². The van der Waals surface area contributed by atoms with Crippen molar-refractivity contribution in [2.24, 2.45) is 0 Å². The first kappa shape index (κ1) is 25.5. The number of amides is 2. The molecule has 1 saturated heterocycles. The van der Waals surface area contributed by atoms with E-state index >= 15 is 0 Å². The lowest BCUT2D eigenvalue weighted by Crippen LogP contribution is -2.55. The summed E-state index contributed by atoms with van der Waals surface area (Å²) in [7, 11) is 0. The van der Waals surface area contributed by atoms with E-state index < -0.39 is 5.54 Å². The molecule has 6 nitrogen and oxygen atoms in total. The van der Waals surface area contributed by atoms with Crippen LogP contribution in [0.15, 0.2) is 78.9 Å². The zero-order valence-electron chi connectivity index (χ0n) is 21.4. The molecule has 2 amide bonds. The summed E-state index contributed by atoms with van der Waals surface area (Å²) in [6.45, 7) is 9.16. The molecule has 0 atom stereocenters. The smallest absolute Gasteiger partial charge is 0.249 e. The van der Waals surface area contributed by atoms with Crippen molar-refractivity contribution in [1.82, 2.24) is 4.90 Å². The molecule has 0 spiro atoms. The Bertz CT molecular complexity index is 1170. The van der Waals surface area contributed by atoms with E-state index in [1.165, 1.54) is 0 Å². The molecule has 1 N–H and O–H groups in total. The Balaban J connectivity index is 1.53. The molecular weight excluding hydrogens is 450 g/mol. The van der Waals surface area contributed by atoms with E-state index in [-0.39, 0.29) is 18.2 Å². The second-order valence-corrected chi connectivity index (χ2v) is 9.73. The van der Waals surface area contributed by atoms with Gasteiger partial charge in [-0.15, -0.1) is 0 Å². The second kappa shape index (κ2) is 11.4. The normalized spacial score (nSPS) is 13.8. The highest BCUT2D eigenvalue weighted by molar-refractivity contribution is 6.00. The number of hydrogen-bond acceptors (Lipinski definition) is 4. The summed E-state index contributed by atoms with van der Waals surface area (Å²) in [6, 6.07) is 25.5. The van der Waals surface area contributed by atoms with Crippen LogP contribution in [0.25, 0.3) is 0 Å². The Morgan fingerprint density at radius 1 is 0.917 bits per heavy atom. The van der Waals surface area contributed by atoms with Crippen molar-refractivity contribution in [3.63, 3.8) is 0 Å². The van der Waals surface area contributed by atoms with E-state index in [9.17, 15) is 9.59 Å². The summed E-state index contributed by atoms with van der Waals surface area (Å²) in [5.41, 5.74) is 3.77. The largest absolute Gasteiger partial charge is 0.378 e. The standard InChI is InChI=1S/C30H35N3O3/c1-23-9-7-8-12-25(23)22-33(28(34)21-24-10-5-4-6-11-24)30(2,3)29(35)31-26-13-15-27(16-14-26)32-17-19-36-20-18-32/h4-16H,17-22H2,1-3H3,(H,31,35).